The summed E-state index contributed by atoms with van der Waals surface area (Å²) in [5.41, 5.74) is 0.648. The molecule has 1 aliphatic heterocycles. The third-order valence-corrected chi connectivity index (χ3v) is 3.39. The van der Waals surface area contributed by atoms with E-state index in [1.54, 1.807) is 6.07 Å². The van der Waals surface area contributed by atoms with Crippen molar-refractivity contribution in [2.24, 2.45) is 0 Å². The fourth-order valence-electron chi connectivity index (χ4n) is 2.52. The van der Waals surface area contributed by atoms with Crippen molar-refractivity contribution >= 4 is 5.97 Å². The molecule has 1 aromatic rings. The van der Waals surface area contributed by atoms with Gasteiger partial charge in [0, 0.05) is 19.6 Å². The molecule has 0 unspecified atom stereocenters. The van der Waals surface area contributed by atoms with Gasteiger partial charge in [0.25, 0.3) is 0 Å². The highest BCUT2D eigenvalue weighted by Crippen LogP contribution is 2.30. The number of aliphatic carboxylic acids is 1. The smallest absolute Gasteiger partial charge is 0.329 e. The molecule has 6 nitrogen and oxygen atoms in total. The van der Waals surface area contributed by atoms with Crippen molar-refractivity contribution in [2.75, 3.05) is 26.3 Å². The normalized spacial score (nSPS) is 17.2. The first-order valence-electron chi connectivity index (χ1n) is 6.94. The zero-order chi connectivity index (χ0) is 15.5. The van der Waals surface area contributed by atoms with Crippen molar-refractivity contribution in [3.8, 4) is 11.5 Å². The maximum atomic E-state index is 10.5. The standard InChI is InChI=1S/C15H21NO5/c1-3-20-13-6-11(4-5-12(13)17)7-16-9-15(2,10-16)21-8-14(18)19/h4-6,17H,3,7-10H2,1-2H3,(H,18,19). The fraction of sp³-hybridized carbons (Fsp3) is 0.533. The van der Waals surface area contributed by atoms with E-state index in [1.165, 1.54) is 0 Å². The Morgan fingerprint density at radius 1 is 1.43 bits per heavy atom. The van der Waals surface area contributed by atoms with Gasteiger partial charge in [-0.3, -0.25) is 4.90 Å². The molecule has 0 radical (unpaired) electrons. The first-order chi connectivity index (χ1) is 9.92. The lowest BCUT2D eigenvalue weighted by molar-refractivity contribution is -0.165. The fourth-order valence-corrected chi connectivity index (χ4v) is 2.52. The Morgan fingerprint density at radius 3 is 2.76 bits per heavy atom. The van der Waals surface area contributed by atoms with Gasteiger partial charge in [-0.25, -0.2) is 4.79 Å². The Labute approximate surface area is 123 Å². The molecular weight excluding hydrogens is 274 g/mol. The van der Waals surface area contributed by atoms with Crippen LogP contribution in [-0.4, -0.2) is 53.0 Å². The first kappa shape index (κ1) is 15.6. The van der Waals surface area contributed by atoms with Crippen molar-refractivity contribution in [3.05, 3.63) is 23.8 Å². The maximum absolute atomic E-state index is 10.5. The van der Waals surface area contributed by atoms with Crippen LogP contribution in [0, 0.1) is 0 Å². The highest BCUT2D eigenvalue weighted by atomic mass is 16.5. The number of hydrogen-bond donors (Lipinski definition) is 2. The quantitative estimate of drug-likeness (QED) is 0.793. The number of ether oxygens (including phenoxy) is 2. The molecule has 1 fully saturated rings. The van der Waals surface area contributed by atoms with Gasteiger partial charge >= 0.3 is 5.97 Å². The van der Waals surface area contributed by atoms with Crippen molar-refractivity contribution < 1.29 is 24.5 Å². The molecule has 0 bridgehead atoms. The van der Waals surface area contributed by atoms with E-state index in [4.69, 9.17) is 14.6 Å². The van der Waals surface area contributed by atoms with E-state index in [0.717, 1.165) is 5.56 Å². The van der Waals surface area contributed by atoms with Gasteiger partial charge in [-0.1, -0.05) is 6.07 Å². The molecule has 1 aliphatic rings. The summed E-state index contributed by atoms with van der Waals surface area (Å²) in [5, 5.41) is 18.3. The molecular formula is C15H21NO5. The van der Waals surface area contributed by atoms with Crippen LogP contribution >= 0.6 is 0 Å². The van der Waals surface area contributed by atoms with Gasteiger partial charge in [0.1, 0.15) is 6.61 Å². The lowest BCUT2D eigenvalue weighted by atomic mass is 9.95. The van der Waals surface area contributed by atoms with Crippen LogP contribution in [0.4, 0.5) is 0 Å². The molecule has 0 saturated carbocycles. The lowest BCUT2D eigenvalue weighted by Gasteiger charge is -2.47. The van der Waals surface area contributed by atoms with Crippen molar-refractivity contribution in [1.82, 2.24) is 4.90 Å². The summed E-state index contributed by atoms with van der Waals surface area (Å²) in [6.07, 6.45) is 0. The average molecular weight is 295 g/mol. The number of phenolic OH excluding ortho intramolecular Hbond substituents is 1. The Balaban J connectivity index is 1.87. The molecule has 21 heavy (non-hydrogen) atoms. The minimum atomic E-state index is -0.949. The molecule has 0 aromatic heterocycles. The molecule has 0 atom stereocenters. The Bertz CT molecular complexity index is 511. The minimum absolute atomic E-state index is 0.138. The summed E-state index contributed by atoms with van der Waals surface area (Å²) < 4.78 is 10.7. The van der Waals surface area contributed by atoms with E-state index in [0.29, 0.717) is 32.0 Å². The number of likely N-dealkylation sites (tertiary alicyclic amines) is 1. The number of carboxylic acids is 1. The molecule has 2 N–H and O–H groups in total. The molecule has 116 valence electrons. The summed E-state index contributed by atoms with van der Waals surface area (Å²) in [6, 6.07) is 5.30. The second kappa shape index (κ2) is 6.32. The van der Waals surface area contributed by atoms with E-state index in [9.17, 15) is 9.90 Å². The summed E-state index contributed by atoms with van der Waals surface area (Å²) >= 11 is 0. The number of carbonyl (C=O) groups is 1. The minimum Gasteiger partial charge on any atom is -0.504 e. The van der Waals surface area contributed by atoms with Crippen molar-refractivity contribution in [3.63, 3.8) is 0 Å². The van der Waals surface area contributed by atoms with E-state index in [1.807, 2.05) is 26.0 Å². The van der Waals surface area contributed by atoms with Gasteiger partial charge in [-0.05, 0) is 31.5 Å². The molecule has 0 spiro atoms. The number of carboxylic acid groups (broad SMARTS) is 1. The number of aromatic hydroxyl groups is 1. The Hall–Kier alpha value is -1.79. The van der Waals surface area contributed by atoms with Crippen LogP contribution in [0.2, 0.25) is 0 Å². The van der Waals surface area contributed by atoms with E-state index in [2.05, 4.69) is 4.90 Å². The van der Waals surface area contributed by atoms with Gasteiger partial charge in [0.05, 0.1) is 12.2 Å². The predicted octanol–water partition coefficient (Wildman–Crippen LogP) is 1.47. The number of benzene rings is 1. The van der Waals surface area contributed by atoms with Gasteiger partial charge in [-0.2, -0.15) is 0 Å². The lowest BCUT2D eigenvalue weighted by Crippen LogP contribution is -2.61. The van der Waals surface area contributed by atoms with Crippen LogP contribution in [0.1, 0.15) is 19.4 Å². The zero-order valence-electron chi connectivity index (χ0n) is 12.3. The predicted molar refractivity (Wildman–Crippen MR) is 76.5 cm³/mol. The number of hydrogen-bond acceptors (Lipinski definition) is 5. The molecule has 0 aliphatic carbocycles. The van der Waals surface area contributed by atoms with Crippen molar-refractivity contribution in [2.45, 2.75) is 26.0 Å². The second-order valence-corrected chi connectivity index (χ2v) is 5.51. The molecule has 6 heteroatoms. The van der Waals surface area contributed by atoms with E-state index >= 15 is 0 Å². The molecule has 0 amide bonds. The highest BCUT2D eigenvalue weighted by Gasteiger charge is 2.39. The van der Waals surface area contributed by atoms with Crippen LogP contribution in [0.25, 0.3) is 0 Å². The van der Waals surface area contributed by atoms with Crippen LogP contribution in [0.3, 0.4) is 0 Å². The second-order valence-electron chi connectivity index (χ2n) is 5.51. The third-order valence-electron chi connectivity index (χ3n) is 3.39. The number of nitrogens with zero attached hydrogens (tertiary/aromatic N) is 1. The molecule has 1 aromatic carbocycles. The largest absolute Gasteiger partial charge is 0.504 e. The zero-order valence-corrected chi connectivity index (χ0v) is 12.3. The van der Waals surface area contributed by atoms with E-state index < -0.39 is 11.6 Å². The molecule has 1 saturated heterocycles. The maximum Gasteiger partial charge on any atom is 0.329 e. The van der Waals surface area contributed by atoms with Crippen LogP contribution in [-0.2, 0) is 16.1 Å². The Morgan fingerprint density at radius 2 is 2.14 bits per heavy atom. The molecule has 1 heterocycles. The van der Waals surface area contributed by atoms with Crippen LogP contribution in [0.5, 0.6) is 11.5 Å². The van der Waals surface area contributed by atoms with Gasteiger partial charge in [0.15, 0.2) is 11.5 Å². The summed E-state index contributed by atoms with van der Waals surface area (Å²) in [4.78, 5) is 12.7. The summed E-state index contributed by atoms with van der Waals surface area (Å²) in [5.74, 6) is -0.325. The van der Waals surface area contributed by atoms with Gasteiger partial charge < -0.3 is 19.7 Å². The number of phenols is 1. The third kappa shape index (κ3) is 4.09. The summed E-state index contributed by atoms with van der Waals surface area (Å²) in [6.45, 7) is 6.10. The highest BCUT2D eigenvalue weighted by molar-refractivity contribution is 5.68. The van der Waals surface area contributed by atoms with Gasteiger partial charge in [0.2, 0.25) is 0 Å². The number of rotatable bonds is 7. The van der Waals surface area contributed by atoms with Crippen LogP contribution in [0.15, 0.2) is 18.2 Å². The van der Waals surface area contributed by atoms with Crippen molar-refractivity contribution in [1.29, 1.82) is 0 Å². The average Bonchev–Trinajstić information content (AvgIpc) is 2.39. The molecule has 2 rings (SSSR count). The SMILES string of the molecule is CCOc1cc(CN2CC(C)(OCC(=O)O)C2)ccc1O. The monoisotopic (exact) mass is 295 g/mol. The first-order valence-corrected chi connectivity index (χ1v) is 6.94. The topological polar surface area (TPSA) is 79.2 Å². The van der Waals surface area contributed by atoms with Crippen LogP contribution < -0.4 is 4.74 Å². The van der Waals surface area contributed by atoms with E-state index in [-0.39, 0.29) is 12.4 Å². The summed E-state index contributed by atoms with van der Waals surface area (Å²) in [7, 11) is 0. The Kier molecular flexibility index (Phi) is 4.69. The van der Waals surface area contributed by atoms with Gasteiger partial charge in [-0.15, -0.1) is 0 Å².